The van der Waals surface area contributed by atoms with Crippen LogP contribution in [0.4, 0.5) is 0 Å². The summed E-state index contributed by atoms with van der Waals surface area (Å²) in [5.41, 5.74) is 6.84. The number of carbonyl (C=O) groups is 5. The maximum atomic E-state index is 12.9. The number of aromatic hydroxyl groups is 1. The molecule has 14 heteroatoms. The number of primary amides is 1. The maximum Gasteiger partial charge on any atom is 0.243 e. The normalized spacial score (nSPS) is 13.6. The van der Waals surface area contributed by atoms with Crippen molar-refractivity contribution in [1.29, 1.82) is 0 Å². The van der Waals surface area contributed by atoms with E-state index in [0.29, 0.717) is 6.42 Å². The van der Waals surface area contributed by atoms with Crippen LogP contribution >= 0.6 is 25.3 Å². The van der Waals surface area contributed by atoms with Gasteiger partial charge < -0.3 is 37.4 Å². The molecule has 0 fully saturated rings. The Kier molecular flexibility index (Phi) is 14.0. The van der Waals surface area contributed by atoms with E-state index in [1.54, 1.807) is 49.5 Å². The Morgan fingerprint density at radius 3 is 1.83 bits per heavy atom. The Bertz CT molecular complexity index is 1180. The number of likely N-dealkylation sites (N-methyl/N-ethyl adjacent to an activating group) is 1. The van der Waals surface area contributed by atoms with E-state index >= 15 is 0 Å². The standard InChI is InChI=1S/C27H36N6O6S2/c1-29-19(11-17-7-9-18(34)10-8-17)26(38)33-22(15-41)25(37)30-13-23(35)31-20(12-16-5-3-2-4-6-16)27(39)32-21(14-40)24(28)36/h2-10,19-22,29,34,40-41H,11-15H2,1H3,(H2,28,36)(H,30,37)(H,31,35)(H,32,39)(H,33,38)/t19-,20-,21+,22+/m0/s1. The fourth-order valence-electron chi connectivity index (χ4n) is 3.73. The fraction of sp³-hybridized carbons (Fsp3) is 0.370. The molecule has 0 aliphatic rings. The lowest BCUT2D eigenvalue weighted by Gasteiger charge is -2.22. The zero-order valence-corrected chi connectivity index (χ0v) is 24.3. The number of thiol groups is 2. The predicted molar refractivity (Wildman–Crippen MR) is 161 cm³/mol. The molecule has 2 rings (SSSR count). The Labute approximate surface area is 249 Å². The molecule has 8 N–H and O–H groups in total. The Balaban J connectivity index is 1.98. The van der Waals surface area contributed by atoms with Crippen molar-refractivity contribution >= 4 is 54.8 Å². The first-order chi connectivity index (χ1) is 19.6. The molecule has 2 aromatic carbocycles. The van der Waals surface area contributed by atoms with Gasteiger partial charge in [-0.15, -0.1) is 0 Å². The molecule has 0 saturated carbocycles. The second kappa shape index (κ2) is 17.1. The van der Waals surface area contributed by atoms with Crippen LogP contribution in [0.1, 0.15) is 11.1 Å². The zero-order chi connectivity index (χ0) is 30.4. The van der Waals surface area contributed by atoms with E-state index in [1.165, 1.54) is 12.1 Å². The first kappa shape index (κ1) is 33.5. The summed E-state index contributed by atoms with van der Waals surface area (Å²) in [6.07, 6.45) is 0.423. The quantitative estimate of drug-likeness (QED) is 0.106. The van der Waals surface area contributed by atoms with Gasteiger partial charge in [-0.2, -0.15) is 25.3 Å². The van der Waals surface area contributed by atoms with Gasteiger partial charge in [-0.3, -0.25) is 24.0 Å². The molecule has 0 bridgehead atoms. The fourth-order valence-corrected chi connectivity index (χ4v) is 4.26. The first-order valence-electron chi connectivity index (χ1n) is 12.8. The van der Waals surface area contributed by atoms with E-state index in [4.69, 9.17) is 5.73 Å². The Hall–Kier alpha value is -3.75. The minimum absolute atomic E-state index is 0.0245. The van der Waals surface area contributed by atoms with Crippen LogP contribution in [-0.2, 0) is 36.8 Å². The molecular weight excluding hydrogens is 568 g/mol. The predicted octanol–water partition coefficient (Wildman–Crippen LogP) is -1.32. The highest BCUT2D eigenvalue weighted by Gasteiger charge is 2.27. The Morgan fingerprint density at radius 1 is 0.732 bits per heavy atom. The summed E-state index contributed by atoms with van der Waals surface area (Å²) in [7, 11) is 1.61. The van der Waals surface area contributed by atoms with Crippen LogP contribution in [0.5, 0.6) is 5.75 Å². The van der Waals surface area contributed by atoms with Crippen LogP contribution in [-0.4, -0.2) is 83.9 Å². The molecule has 0 unspecified atom stereocenters. The van der Waals surface area contributed by atoms with Crippen LogP contribution in [0.2, 0.25) is 0 Å². The minimum atomic E-state index is -1.07. The van der Waals surface area contributed by atoms with Gasteiger partial charge in [0, 0.05) is 17.9 Å². The summed E-state index contributed by atoms with van der Waals surface area (Å²) in [5, 5.41) is 22.5. The van der Waals surface area contributed by atoms with Crippen LogP contribution in [0, 0.1) is 0 Å². The zero-order valence-electron chi connectivity index (χ0n) is 22.5. The van der Waals surface area contributed by atoms with Gasteiger partial charge in [0.05, 0.1) is 12.6 Å². The lowest BCUT2D eigenvalue weighted by atomic mass is 10.0. The first-order valence-corrected chi connectivity index (χ1v) is 14.0. The van der Waals surface area contributed by atoms with Gasteiger partial charge in [-0.1, -0.05) is 42.5 Å². The second-order valence-corrected chi connectivity index (χ2v) is 9.86. The number of hydrogen-bond donors (Lipinski definition) is 9. The molecule has 0 spiro atoms. The van der Waals surface area contributed by atoms with Crippen LogP contribution in [0.15, 0.2) is 54.6 Å². The summed E-state index contributed by atoms with van der Waals surface area (Å²) in [4.78, 5) is 62.7. The monoisotopic (exact) mass is 604 g/mol. The number of amides is 5. The summed E-state index contributed by atoms with van der Waals surface area (Å²) < 4.78 is 0. The number of hydrogen-bond acceptors (Lipinski definition) is 9. The van der Waals surface area contributed by atoms with Crippen molar-refractivity contribution in [3.63, 3.8) is 0 Å². The van der Waals surface area contributed by atoms with Crippen molar-refractivity contribution in [3.05, 3.63) is 65.7 Å². The van der Waals surface area contributed by atoms with Gasteiger partial charge in [-0.05, 0) is 36.7 Å². The molecule has 12 nitrogen and oxygen atoms in total. The van der Waals surface area contributed by atoms with Crippen molar-refractivity contribution in [3.8, 4) is 5.75 Å². The number of carbonyl (C=O) groups excluding carboxylic acids is 5. The topological polar surface area (TPSA) is 192 Å². The van der Waals surface area contributed by atoms with Gasteiger partial charge in [-0.25, -0.2) is 0 Å². The summed E-state index contributed by atoms with van der Waals surface area (Å²) in [5.74, 6) is -3.12. The van der Waals surface area contributed by atoms with Crippen molar-refractivity contribution in [1.82, 2.24) is 26.6 Å². The van der Waals surface area contributed by atoms with Gasteiger partial charge in [0.25, 0.3) is 0 Å². The number of phenolic OH excluding ortho intramolecular Hbond substituents is 1. The molecule has 222 valence electrons. The highest BCUT2D eigenvalue weighted by molar-refractivity contribution is 7.80. The number of phenols is 1. The molecule has 0 aliphatic heterocycles. The minimum Gasteiger partial charge on any atom is -0.508 e. The molecule has 0 radical (unpaired) electrons. The number of rotatable bonds is 16. The molecule has 0 aromatic heterocycles. The highest BCUT2D eigenvalue weighted by Crippen LogP contribution is 2.11. The van der Waals surface area contributed by atoms with E-state index in [9.17, 15) is 29.1 Å². The van der Waals surface area contributed by atoms with E-state index in [-0.39, 0.29) is 23.7 Å². The van der Waals surface area contributed by atoms with Crippen molar-refractivity contribution in [2.75, 3.05) is 25.1 Å². The number of benzene rings is 2. The van der Waals surface area contributed by atoms with Gasteiger partial charge in [0.1, 0.15) is 23.9 Å². The molecular formula is C27H36N6O6S2. The molecule has 41 heavy (non-hydrogen) atoms. The van der Waals surface area contributed by atoms with Crippen LogP contribution in [0.25, 0.3) is 0 Å². The second-order valence-electron chi connectivity index (χ2n) is 9.13. The third-order valence-corrected chi connectivity index (χ3v) is 6.79. The van der Waals surface area contributed by atoms with E-state index in [2.05, 4.69) is 51.8 Å². The van der Waals surface area contributed by atoms with Gasteiger partial charge in [0.15, 0.2) is 0 Å². The average molecular weight is 605 g/mol. The molecule has 0 aliphatic carbocycles. The lowest BCUT2D eigenvalue weighted by Crippen LogP contribution is -2.57. The third-order valence-electron chi connectivity index (χ3n) is 6.06. The maximum absolute atomic E-state index is 12.9. The van der Waals surface area contributed by atoms with E-state index < -0.39 is 60.2 Å². The molecule has 0 heterocycles. The SMILES string of the molecule is CN[C@@H](Cc1ccc(O)cc1)C(=O)N[C@H](CS)C(=O)NCC(=O)N[C@@H](Cc1ccccc1)C(=O)N[C@H](CS)C(N)=O. The molecule has 2 aromatic rings. The average Bonchev–Trinajstić information content (AvgIpc) is 2.96. The summed E-state index contributed by atoms with van der Waals surface area (Å²) in [6, 6.07) is 11.5. The van der Waals surface area contributed by atoms with Crippen molar-refractivity contribution in [2.24, 2.45) is 5.73 Å². The van der Waals surface area contributed by atoms with E-state index in [1.807, 2.05) is 0 Å². The Morgan fingerprint density at radius 2 is 1.27 bits per heavy atom. The lowest BCUT2D eigenvalue weighted by molar-refractivity contribution is -0.132. The largest absolute Gasteiger partial charge is 0.508 e. The van der Waals surface area contributed by atoms with Gasteiger partial charge in [0.2, 0.25) is 29.5 Å². The number of nitrogens with one attached hydrogen (secondary N) is 5. The smallest absolute Gasteiger partial charge is 0.243 e. The van der Waals surface area contributed by atoms with Crippen LogP contribution in [0.3, 0.4) is 0 Å². The highest BCUT2D eigenvalue weighted by atomic mass is 32.1. The molecule has 0 saturated heterocycles. The van der Waals surface area contributed by atoms with Crippen LogP contribution < -0.4 is 32.3 Å². The number of nitrogens with two attached hydrogens (primary N) is 1. The van der Waals surface area contributed by atoms with E-state index in [0.717, 1.165) is 11.1 Å². The van der Waals surface area contributed by atoms with Crippen molar-refractivity contribution in [2.45, 2.75) is 37.0 Å². The third kappa shape index (κ3) is 11.3. The molecule has 5 amide bonds. The summed E-state index contributed by atoms with van der Waals surface area (Å²) >= 11 is 8.18. The van der Waals surface area contributed by atoms with Gasteiger partial charge >= 0.3 is 0 Å². The molecule has 4 atom stereocenters. The van der Waals surface area contributed by atoms with Crippen molar-refractivity contribution < 1.29 is 29.1 Å². The summed E-state index contributed by atoms with van der Waals surface area (Å²) in [6.45, 7) is -0.480.